The molecule has 1 aromatic heterocycles. The Bertz CT molecular complexity index is 701. The summed E-state index contributed by atoms with van der Waals surface area (Å²) in [6.45, 7) is 3.79. The molecule has 0 aliphatic carbocycles. The second kappa shape index (κ2) is 7.73. The third kappa shape index (κ3) is 3.91. The van der Waals surface area contributed by atoms with Gasteiger partial charge in [-0.1, -0.05) is 41.9 Å². The molecule has 1 fully saturated rings. The summed E-state index contributed by atoms with van der Waals surface area (Å²) in [5, 5.41) is 0.285. The number of hydrogen-bond acceptors (Lipinski definition) is 4. The first-order valence-electron chi connectivity index (χ1n) is 8.21. The van der Waals surface area contributed by atoms with Crippen LogP contribution < -0.4 is 0 Å². The maximum Gasteiger partial charge on any atom is 0.273 e. The van der Waals surface area contributed by atoms with Crippen molar-refractivity contribution in [2.45, 2.75) is 12.8 Å². The monoisotopic (exact) mass is 344 g/mol. The van der Waals surface area contributed by atoms with Crippen LogP contribution in [0.4, 0.5) is 0 Å². The van der Waals surface area contributed by atoms with E-state index in [4.69, 9.17) is 11.6 Å². The number of hydrogen-bond donors (Lipinski definition) is 0. The van der Waals surface area contributed by atoms with Crippen LogP contribution >= 0.6 is 11.6 Å². The van der Waals surface area contributed by atoms with Crippen molar-refractivity contribution in [3.63, 3.8) is 0 Å². The molecule has 2 aromatic rings. The molecule has 0 spiro atoms. The van der Waals surface area contributed by atoms with Gasteiger partial charge in [0.25, 0.3) is 5.91 Å². The number of rotatable bonds is 5. The number of likely N-dealkylation sites (tertiary alicyclic amines) is 1. The number of nitrogens with zero attached hydrogens (tertiary/aromatic N) is 4. The van der Waals surface area contributed by atoms with E-state index in [1.807, 2.05) is 30.3 Å². The van der Waals surface area contributed by atoms with Crippen molar-refractivity contribution >= 4 is 17.5 Å². The molecule has 1 aliphatic heterocycles. The van der Waals surface area contributed by atoms with Crippen molar-refractivity contribution in [2.24, 2.45) is 0 Å². The van der Waals surface area contributed by atoms with Crippen LogP contribution in [0.2, 0.25) is 5.02 Å². The van der Waals surface area contributed by atoms with Crippen LogP contribution in [-0.2, 0) is 0 Å². The van der Waals surface area contributed by atoms with Crippen LogP contribution in [0.25, 0.3) is 11.4 Å². The lowest BCUT2D eigenvalue weighted by Gasteiger charge is -2.21. The van der Waals surface area contributed by atoms with Gasteiger partial charge in [0.1, 0.15) is 0 Å². The van der Waals surface area contributed by atoms with Gasteiger partial charge < -0.3 is 9.80 Å². The topological polar surface area (TPSA) is 49.3 Å². The van der Waals surface area contributed by atoms with E-state index in [9.17, 15) is 4.79 Å². The number of benzene rings is 1. The molecule has 24 heavy (non-hydrogen) atoms. The largest absolute Gasteiger partial charge is 0.339 e. The standard InChI is InChI=1S/C18H21ClN4O/c1-22(11-12-23-9-5-6-10-23)18(24)16-15(19)13-20-17(21-16)14-7-3-2-4-8-14/h2-4,7-8,13H,5-6,9-12H2,1H3. The first kappa shape index (κ1) is 16.9. The van der Waals surface area contributed by atoms with E-state index in [1.165, 1.54) is 19.0 Å². The van der Waals surface area contributed by atoms with E-state index in [0.29, 0.717) is 12.4 Å². The normalized spacial score (nSPS) is 14.8. The summed E-state index contributed by atoms with van der Waals surface area (Å²) < 4.78 is 0. The van der Waals surface area contributed by atoms with Crippen molar-refractivity contribution < 1.29 is 4.79 Å². The van der Waals surface area contributed by atoms with Gasteiger partial charge in [0.2, 0.25) is 0 Å². The lowest BCUT2D eigenvalue weighted by Crippen LogP contribution is -2.35. The predicted molar refractivity (Wildman–Crippen MR) is 95.1 cm³/mol. The lowest BCUT2D eigenvalue weighted by molar-refractivity contribution is 0.0776. The molecule has 1 saturated heterocycles. The highest BCUT2D eigenvalue weighted by Crippen LogP contribution is 2.20. The molecule has 6 heteroatoms. The molecule has 0 bridgehead atoms. The van der Waals surface area contributed by atoms with Crippen molar-refractivity contribution in [2.75, 3.05) is 33.2 Å². The predicted octanol–water partition coefficient (Wildman–Crippen LogP) is 2.96. The zero-order chi connectivity index (χ0) is 16.9. The Kier molecular flexibility index (Phi) is 5.43. The van der Waals surface area contributed by atoms with E-state index in [0.717, 1.165) is 25.2 Å². The van der Waals surface area contributed by atoms with Gasteiger partial charge in [-0.3, -0.25) is 4.79 Å². The quantitative estimate of drug-likeness (QED) is 0.836. The summed E-state index contributed by atoms with van der Waals surface area (Å²) in [5.41, 5.74) is 1.12. The van der Waals surface area contributed by atoms with E-state index < -0.39 is 0 Å². The molecule has 0 N–H and O–H groups in total. The van der Waals surface area contributed by atoms with Crippen LogP contribution in [-0.4, -0.2) is 58.9 Å². The molecule has 1 aliphatic rings. The minimum atomic E-state index is -0.168. The first-order valence-corrected chi connectivity index (χ1v) is 8.59. The van der Waals surface area contributed by atoms with Gasteiger partial charge >= 0.3 is 0 Å². The molecule has 0 saturated carbocycles. The number of halogens is 1. The maximum atomic E-state index is 12.7. The molecular weight excluding hydrogens is 324 g/mol. The molecule has 3 rings (SSSR count). The Labute approximate surface area is 147 Å². The summed E-state index contributed by atoms with van der Waals surface area (Å²) in [6, 6.07) is 9.58. The Morgan fingerprint density at radius 2 is 1.96 bits per heavy atom. The summed E-state index contributed by atoms with van der Waals surface area (Å²) in [5.74, 6) is 0.343. The number of carbonyl (C=O) groups is 1. The molecular formula is C18H21ClN4O. The van der Waals surface area contributed by atoms with Gasteiger partial charge in [-0.15, -0.1) is 0 Å². The fraction of sp³-hybridized carbons (Fsp3) is 0.389. The molecule has 0 atom stereocenters. The molecule has 126 valence electrons. The van der Waals surface area contributed by atoms with E-state index in [-0.39, 0.29) is 16.6 Å². The van der Waals surface area contributed by atoms with Crippen molar-refractivity contribution in [3.8, 4) is 11.4 Å². The Morgan fingerprint density at radius 1 is 1.25 bits per heavy atom. The highest BCUT2D eigenvalue weighted by molar-refractivity contribution is 6.33. The van der Waals surface area contributed by atoms with Gasteiger partial charge in [-0.05, 0) is 25.9 Å². The maximum absolute atomic E-state index is 12.7. The Morgan fingerprint density at radius 3 is 2.67 bits per heavy atom. The van der Waals surface area contributed by atoms with E-state index in [1.54, 1.807) is 11.9 Å². The summed E-state index contributed by atoms with van der Waals surface area (Å²) >= 11 is 6.17. The van der Waals surface area contributed by atoms with Gasteiger partial charge in [0.05, 0.1) is 11.2 Å². The van der Waals surface area contributed by atoms with Gasteiger partial charge in [0, 0.05) is 25.7 Å². The summed E-state index contributed by atoms with van der Waals surface area (Å²) in [6.07, 6.45) is 3.99. The number of likely N-dealkylation sites (N-methyl/N-ethyl adjacent to an activating group) is 1. The zero-order valence-corrected chi connectivity index (χ0v) is 14.5. The van der Waals surface area contributed by atoms with Gasteiger partial charge in [-0.25, -0.2) is 9.97 Å². The lowest BCUT2D eigenvalue weighted by atomic mass is 10.2. The molecule has 1 aromatic carbocycles. The Balaban J connectivity index is 1.73. The van der Waals surface area contributed by atoms with E-state index in [2.05, 4.69) is 14.9 Å². The summed E-state index contributed by atoms with van der Waals surface area (Å²) in [4.78, 5) is 25.4. The number of amides is 1. The Hall–Kier alpha value is -1.98. The number of carbonyl (C=O) groups excluding carboxylic acids is 1. The highest BCUT2D eigenvalue weighted by Gasteiger charge is 2.20. The highest BCUT2D eigenvalue weighted by atomic mass is 35.5. The van der Waals surface area contributed by atoms with Crippen LogP contribution in [0.3, 0.4) is 0 Å². The average molecular weight is 345 g/mol. The molecule has 2 heterocycles. The first-order chi connectivity index (χ1) is 11.6. The third-order valence-electron chi connectivity index (χ3n) is 4.28. The summed E-state index contributed by atoms with van der Waals surface area (Å²) in [7, 11) is 1.79. The van der Waals surface area contributed by atoms with E-state index >= 15 is 0 Å². The van der Waals surface area contributed by atoms with Gasteiger partial charge in [-0.2, -0.15) is 0 Å². The zero-order valence-electron chi connectivity index (χ0n) is 13.8. The van der Waals surface area contributed by atoms with Crippen LogP contribution in [0.1, 0.15) is 23.3 Å². The number of aromatic nitrogens is 2. The van der Waals surface area contributed by atoms with Crippen molar-refractivity contribution in [1.29, 1.82) is 0 Å². The third-order valence-corrected chi connectivity index (χ3v) is 4.55. The minimum absolute atomic E-state index is 0.168. The molecule has 0 unspecified atom stereocenters. The average Bonchev–Trinajstić information content (AvgIpc) is 3.14. The molecule has 5 nitrogen and oxygen atoms in total. The smallest absolute Gasteiger partial charge is 0.273 e. The van der Waals surface area contributed by atoms with Crippen LogP contribution in [0.15, 0.2) is 36.5 Å². The van der Waals surface area contributed by atoms with Crippen molar-refractivity contribution in [1.82, 2.24) is 19.8 Å². The fourth-order valence-corrected chi connectivity index (χ4v) is 3.00. The molecule has 1 amide bonds. The second-order valence-electron chi connectivity index (χ2n) is 6.03. The van der Waals surface area contributed by atoms with Crippen LogP contribution in [0.5, 0.6) is 0 Å². The SMILES string of the molecule is CN(CCN1CCCC1)C(=O)c1nc(-c2ccccc2)ncc1Cl. The second-order valence-corrected chi connectivity index (χ2v) is 6.44. The van der Waals surface area contributed by atoms with Crippen molar-refractivity contribution in [3.05, 3.63) is 47.2 Å². The fourth-order valence-electron chi connectivity index (χ4n) is 2.82. The minimum Gasteiger partial charge on any atom is -0.339 e. The van der Waals surface area contributed by atoms with Gasteiger partial charge in [0.15, 0.2) is 11.5 Å². The molecule has 0 radical (unpaired) electrons. The van der Waals surface area contributed by atoms with Crippen LogP contribution in [0, 0.1) is 0 Å².